The third kappa shape index (κ3) is 7.94. The number of carbonyl (C=O) groups is 1. The van der Waals surface area contributed by atoms with E-state index in [0.29, 0.717) is 50.3 Å². The number of carbonyl (C=O) groups excluding carboxylic acids is 1. The van der Waals surface area contributed by atoms with E-state index in [1.165, 1.54) is 69.4 Å². The Morgan fingerprint density at radius 1 is 0.707 bits per heavy atom. The Bertz CT molecular complexity index is 2700. The molecule has 8 rings (SSSR count). The number of ether oxygens (including phenoxy) is 1. The number of ketones is 1. The van der Waals surface area contributed by atoms with Crippen LogP contribution in [0.3, 0.4) is 0 Å². The first-order valence-electron chi connectivity index (χ1n) is 20.4. The highest BCUT2D eigenvalue weighted by Crippen LogP contribution is 2.47. The zero-order valence-corrected chi connectivity index (χ0v) is 33.8. The van der Waals surface area contributed by atoms with Crippen LogP contribution in [0.25, 0.3) is 22.0 Å². The summed E-state index contributed by atoms with van der Waals surface area (Å²) in [5, 5.41) is 3.88. The normalized spacial score (nSPS) is 13.7. The topological polar surface area (TPSA) is 130 Å². The van der Waals surface area contributed by atoms with Crippen molar-refractivity contribution in [2.24, 2.45) is 4.99 Å². The molecule has 0 saturated carbocycles. The molecule has 0 radical (unpaired) electrons. The van der Waals surface area contributed by atoms with Crippen LogP contribution in [0.5, 0.6) is 11.5 Å². The number of sulfonamides is 1. The van der Waals surface area contributed by atoms with Gasteiger partial charge < -0.3 is 15.0 Å². The number of hydrogen-bond acceptors (Lipinski definition) is 7. The molecule has 0 saturated heterocycles. The van der Waals surface area contributed by atoms with Crippen LogP contribution in [0, 0.1) is 6.92 Å². The fourth-order valence-electron chi connectivity index (χ4n) is 8.06. The van der Waals surface area contributed by atoms with Crippen molar-refractivity contribution in [2.45, 2.75) is 89.4 Å². The van der Waals surface area contributed by atoms with Crippen molar-refractivity contribution in [1.29, 1.82) is 0 Å². The predicted molar refractivity (Wildman–Crippen MR) is 233 cm³/mol. The number of anilines is 2. The molecule has 0 unspecified atom stereocenters. The molecule has 0 amide bonds. The predicted octanol–water partition coefficient (Wildman–Crippen LogP) is 11.4. The maximum absolute atomic E-state index is 14.6. The van der Waals surface area contributed by atoms with E-state index in [2.05, 4.69) is 39.1 Å². The quantitative estimate of drug-likeness (QED) is 0.0836. The SMILES string of the molecule is CCCCCCCCCCCCc1ccc(Oc2cc(Nc3ccc(C)cc3)c3c4c(c(C5=Nc6ccccc6S(=O)(=O)N5)c(=O)[nH]c24)-c2ccccc2C3=O)cc1. The molecule has 0 fully saturated rings. The second-order valence-corrected chi connectivity index (χ2v) is 17.0. The average molecular weight is 793 g/mol. The molecular weight excluding hydrogens is 745 g/mol. The van der Waals surface area contributed by atoms with Gasteiger partial charge in [-0.05, 0) is 67.3 Å². The van der Waals surface area contributed by atoms with Gasteiger partial charge >= 0.3 is 0 Å². The van der Waals surface area contributed by atoms with E-state index in [1.54, 1.807) is 48.5 Å². The monoisotopic (exact) mass is 792 g/mol. The maximum Gasteiger partial charge on any atom is 0.265 e. The number of aryl methyl sites for hydroxylation is 2. The second kappa shape index (κ2) is 16.8. The molecule has 2 heterocycles. The first kappa shape index (κ1) is 38.9. The Hall–Kier alpha value is -6.00. The van der Waals surface area contributed by atoms with E-state index in [0.717, 1.165) is 24.1 Å². The molecule has 5 aromatic carbocycles. The number of nitrogens with zero attached hydrogens (tertiary/aromatic N) is 1. The number of pyridine rings is 1. The molecule has 3 N–H and O–H groups in total. The van der Waals surface area contributed by atoms with Gasteiger partial charge in [-0.3, -0.25) is 14.3 Å². The van der Waals surface area contributed by atoms with Gasteiger partial charge in [-0.1, -0.05) is 131 Å². The van der Waals surface area contributed by atoms with Crippen LogP contribution in [-0.2, 0) is 16.4 Å². The number of rotatable bonds is 16. The number of H-pyrrole nitrogens is 1. The van der Waals surface area contributed by atoms with E-state index in [4.69, 9.17) is 4.74 Å². The lowest BCUT2D eigenvalue weighted by molar-refractivity contribution is 0.104. The number of benzene rings is 5. The van der Waals surface area contributed by atoms with E-state index >= 15 is 0 Å². The van der Waals surface area contributed by atoms with Gasteiger partial charge in [0, 0.05) is 28.3 Å². The number of amidine groups is 1. The molecule has 296 valence electrons. The third-order valence-electron chi connectivity index (χ3n) is 11.1. The van der Waals surface area contributed by atoms with Crippen molar-refractivity contribution >= 4 is 49.6 Å². The molecule has 2 aliphatic rings. The van der Waals surface area contributed by atoms with Crippen LogP contribution in [-0.4, -0.2) is 25.0 Å². The number of unbranched alkanes of at least 4 members (excludes halogenated alkanes) is 9. The Kier molecular flexibility index (Phi) is 11.3. The summed E-state index contributed by atoms with van der Waals surface area (Å²) in [6, 6.07) is 31.0. The molecule has 58 heavy (non-hydrogen) atoms. The van der Waals surface area contributed by atoms with Crippen LogP contribution in [0.15, 0.2) is 118 Å². The van der Waals surface area contributed by atoms with Gasteiger partial charge in [-0.2, -0.15) is 0 Å². The highest BCUT2D eigenvalue weighted by Gasteiger charge is 2.36. The second-order valence-electron chi connectivity index (χ2n) is 15.3. The van der Waals surface area contributed by atoms with Crippen molar-refractivity contribution in [1.82, 2.24) is 9.71 Å². The minimum absolute atomic E-state index is 0.00143. The van der Waals surface area contributed by atoms with Crippen molar-refractivity contribution in [3.05, 3.63) is 141 Å². The summed E-state index contributed by atoms with van der Waals surface area (Å²) in [5.74, 6) is 0.507. The van der Waals surface area contributed by atoms with Gasteiger partial charge in [0.25, 0.3) is 15.6 Å². The molecule has 1 aromatic heterocycles. The summed E-state index contributed by atoms with van der Waals surface area (Å²) in [7, 11) is -4.07. The first-order valence-corrected chi connectivity index (χ1v) is 21.9. The standard InChI is InChI=1S/C48H48N4O5S/c1-3-4-5-6-7-8-9-10-11-12-17-32-24-28-34(29-25-32)57-39-30-38(49-33-26-22-31(2)23-27-33)42-43-41(35-18-13-14-19-36(35)46(42)53)44(48(54)51-45(39)43)47-50-37-20-15-16-21-40(37)58(55,56)52-47/h13-16,18-30,49H,3-12,17H2,1-2H3,(H,50,52)(H,51,54). The highest BCUT2D eigenvalue weighted by atomic mass is 32.2. The van der Waals surface area contributed by atoms with Crippen molar-refractivity contribution in [2.75, 3.05) is 5.32 Å². The van der Waals surface area contributed by atoms with Crippen LogP contribution < -0.4 is 20.3 Å². The third-order valence-corrected chi connectivity index (χ3v) is 12.5. The number of hydrogen-bond donors (Lipinski definition) is 3. The van der Waals surface area contributed by atoms with E-state index in [-0.39, 0.29) is 27.8 Å². The van der Waals surface area contributed by atoms with Crippen LogP contribution in [0.4, 0.5) is 17.1 Å². The van der Waals surface area contributed by atoms with Crippen LogP contribution in [0.2, 0.25) is 0 Å². The molecular formula is C48H48N4O5S. The fraction of sp³-hybridized carbons (Fsp3) is 0.271. The lowest BCUT2D eigenvalue weighted by Gasteiger charge is -2.27. The average Bonchev–Trinajstić information content (AvgIpc) is 3.22. The lowest BCUT2D eigenvalue weighted by Crippen LogP contribution is -2.38. The molecule has 0 bridgehead atoms. The molecule has 10 heteroatoms. The van der Waals surface area contributed by atoms with Crippen molar-refractivity contribution in [3.63, 3.8) is 0 Å². The minimum atomic E-state index is -4.07. The van der Waals surface area contributed by atoms with E-state index in [9.17, 15) is 18.0 Å². The lowest BCUT2D eigenvalue weighted by atomic mass is 9.81. The summed E-state index contributed by atoms with van der Waals surface area (Å²) in [6.45, 7) is 4.26. The van der Waals surface area contributed by atoms with Crippen molar-refractivity contribution < 1.29 is 17.9 Å². The summed E-state index contributed by atoms with van der Waals surface area (Å²) in [4.78, 5) is 36.7. The fourth-order valence-corrected chi connectivity index (χ4v) is 9.22. The molecule has 1 aliphatic heterocycles. The summed E-state index contributed by atoms with van der Waals surface area (Å²) >= 11 is 0. The smallest absolute Gasteiger partial charge is 0.265 e. The van der Waals surface area contributed by atoms with Gasteiger partial charge in [0.05, 0.1) is 28.0 Å². The molecule has 0 spiro atoms. The Morgan fingerprint density at radius 2 is 1.36 bits per heavy atom. The highest BCUT2D eigenvalue weighted by molar-refractivity contribution is 7.90. The molecule has 0 atom stereocenters. The van der Waals surface area contributed by atoms with Gasteiger partial charge in [0.1, 0.15) is 10.6 Å². The van der Waals surface area contributed by atoms with E-state index < -0.39 is 15.6 Å². The number of fused-ring (bicyclic) bond motifs is 3. The summed E-state index contributed by atoms with van der Waals surface area (Å²) in [5.41, 5.74) is 5.03. The van der Waals surface area contributed by atoms with Crippen molar-refractivity contribution in [3.8, 4) is 22.6 Å². The first-order chi connectivity index (χ1) is 28.2. The zero-order valence-electron chi connectivity index (χ0n) is 33.0. The van der Waals surface area contributed by atoms with Gasteiger partial charge in [0.2, 0.25) is 0 Å². The Balaban J connectivity index is 1.18. The van der Waals surface area contributed by atoms with Gasteiger partial charge in [-0.15, -0.1) is 0 Å². The number of aliphatic imine (C=N–C) groups is 1. The Morgan fingerprint density at radius 3 is 2.09 bits per heavy atom. The molecule has 9 nitrogen and oxygen atoms in total. The maximum atomic E-state index is 14.6. The number of nitrogens with one attached hydrogen (secondary N) is 3. The summed E-state index contributed by atoms with van der Waals surface area (Å²) in [6.07, 6.45) is 13.9. The Labute approximate surface area is 339 Å². The molecule has 6 aromatic rings. The molecule has 1 aliphatic carbocycles. The van der Waals surface area contributed by atoms with Gasteiger partial charge in [0.15, 0.2) is 17.4 Å². The van der Waals surface area contributed by atoms with Gasteiger partial charge in [-0.25, -0.2) is 13.4 Å². The number of para-hydroxylation sites is 1. The largest absolute Gasteiger partial charge is 0.455 e. The zero-order chi connectivity index (χ0) is 40.2. The summed E-state index contributed by atoms with van der Waals surface area (Å²) < 4.78 is 36.2. The number of aromatic amines is 1. The van der Waals surface area contributed by atoms with Crippen LogP contribution >= 0.6 is 0 Å². The van der Waals surface area contributed by atoms with E-state index in [1.807, 2.05) is 43.3 Å². The minimum Gasteiger partial charge on any atom is -0.455 e. The van der Waals surface area contributed by atoms with Crippen LogP contribution in [0.1, 0.15) is 104 Å². The number of aromatic nitrogens is 1.